The Kier molecular flexibility index (Phi) is 6.28. The van der Waals surface area contributed by atoms with Crippen molar-refractivity contribution in [3.63, 3.8) is 0 Å². The summed E-state index contributed by atoms with van der Waals surface area (Å²) in [6.45, 7) is -3.59. The van der Waals surface area contributed by atoms with Crippen LogP contribution in [0.4, 0.5) is 12.9 Å². The van der Waals surface area contributed by atoms with Gasteiger partial charge in [-0.25, -0.2) is 4.79 Å². The maximum absolute atomic E-state index is 12.4. The van der Waals surface area contributed by atoms with Crippen molar-refractivity contribution in [3.8, 4) is 0 Å². The number of benzene rings is 1. The third kappa shape index (κ3) is 4.21. The molecule has 16 heavy (non-hydrogen) atoms. The molecule has 1 aromatic carbocycles. The Balaban J connectivity index is 0.00000225. The van der Waals surface area contributed by atoms with Crippen molar-refractivity contribution in [3.05, 3.63) is 29.3 Å². The smallest absolute Gasteiger partial charge is 0.465 e. The average Bonchev–Trinajstić information content (AvgIpc) is 2.14. The van der Waals surface area contributed by atoms with Crippen LogP contribution in [-0.4, -0.2) is 20.1 Å². The number of esters is 1. The van der Waals surface area contributed by atoms with E-state index in [9.17, 15) is 17.7 Å². The monoisotopic (exact) mass is 256 g/mol. The summed E-state index contributed by atoms with van der Waals surface area (Å²) in [7, 11) is 1.13. The molecule has 0 N–H and O–H groups in total. The molecule has 82 valence electrons. The van der Waals surface area contributed by atoms with E-state index in [1.807, 2.05) is 0 Å². The van der Waals surface area contributed by atoms with E-state index in [0.717, 1.165) is 19.2 Å². The van der Waals surface area contributed by atoms with Crippen LogP contribution in [0.2, 0.25) is 0 Å². The van der Waals surface area contributed by atoms with E-state index >= 15 is 0 Å². The summed E-state index contributed by atoms with van der Waals surface area (Å²) in [5.41, 5.74) is -0.478. The Bertz CT molecular complexity index is 393. The Morgan fingerprint density at radius 2 is 1.81 bits per heavy atom. The molecule has 0 heterocycles. The third-order valence-electron chi connectivity index (χ3n) is 1.90. The largest absolute Gasteiger partial charge is 1.00 e. The molecule has 0 saturated heterocycles. The van der Waals surface area contributed by atoms with E-state index in [2.05, 4.69) is 4.74 Å². The molecule has 0 atom stereocenters. The van der Waals surface area contributed by atoms with Crippen molar-refractivity contribution in [2.24, 2.45) is 0 Å². The molecule has 0 aliphatic heterocycles. The number of hydrogen-bond acceptors (Lipinski definition) is 2. The predicted octanol–water partition coefficient (Wildman–Crippen LogP) is -1.16. The predicted molar refractivity (Wildman–Crippen MR) is 51.2 cm³/mol. The summed E-state index contributed by atoms with van der Waals surface area (Å²) < 4.78 is 41.6. The Morgan fingerprint density at radius 1 is 1.25 bits per heavy atom. The fourth-order valence-corrected chi connectivity index (χ4v) is 1.24. The van der Waals surface area contributed by atoms with Crippen LogP contribution >= 0.6 is 0 Å². The fraction of sp³-hybridized carbons (Fsp3) is 0.222. The number of halogens is 3. The molecule has 0 spiro atoms. The maximum atomic E-state index is 12.4. The van der Waals surface area contributed by atoms with Crippen LogP contribution in [-0.2, 0) is 4.74 Å². The SMILES string of the molecule is COC(=O)c1cc(C)cc([B-](F)(F)F)c1.[K+]. The quantitative estimate of drug-likeness (QED) is 0.493. The topological polar surface area (TPSA) is 26.3 Å². The summed E-state index contributed by atoms with van der Waals surface area (Å²) in [5, 5.41) is 0. The van der Waals surface area contributed by atoms with Crippen LogP contribution in [0.5, 0.6) is 0 Å². The number of methoxy groups -OCH3 is 1. The number of ether oxygens (including phenoxy) is 1. The van der Waals surface area contributed by atoms with Gasteiger partial charge in [-0.05, 0) is 13.0 Å². The molecule has 1 aromatic rings. The molecular weight excluding hydrogens is 247 g/mol. The molecule has 0 unspecified atom stereocenters. The normalized spacial score (nSPS) is 10.6. The van der Waals surface area contributed by atoms with Crippen molar-refractivity contribution >= 4 is 18.4 Å². The second-order valence-electron chi connectivity index (χ2n) is 3.20. The van der Waals surface area contributed by atoms with Gasteiger partial charge in [0.1, 0.15) is 0 Å². The van der Waals surface area contributed by atoms with Gasteiger partial charge in [0, 0.05) is 0 Å². The molecule has 0 aliphatic rings. The molecule has 0 bridgehead atoms. The summed E-state index contributed by atoms with van der Waals surface area (Å²) in [5.74, 6) is -0.764. The van der Waals surface area contributed by atoms with Gasteiger partial charge >= 0.3 is 64.3 Å². The van der Waals surface area contributed by atoms with Crippen molar-refractivity contribution in [1.82, 2.24) is 0 Å². The number of hydrogen-bond donors (Lipinski definition) is 0. The van der Waals surface area contributed by atoms with Gasteiger partial charge in [-0.15, -0.1) is 5.46 Å². The Hall–Kier alpha value is 0.181. The van der Waals surface area contributed by atoms with E-state index in [-0.39, 0.29) is 56.9 Å². The zero-order valence-electron chi connectivity index (χ0n) is 9.26. The maximum Gasteiger partial charge on any atom is 1.00 e. The Morgan fingerprint density at radius 3 is 2.25 bits per heavy atom. The van der Waals surface area contributed by atoms with Gasteiger partial charge in [-0.3, -0.25) is 0 Å². The molecule has 0 saturated carbocycles. The molecule has 0 amide bonds. The summed E-state index contributed by atoms with van der Waals surface area (Å²) >= 11 is 0. The number of rotatable bonds is 2. The molecule has 7 heteroatoms. The van der Waals surface area contributed by atoms with Crippen LogP contribution < -0.4 is 56.8 Å². The van der Waals surface area contributed by atoms with Gasteiger partial charge in [0.15, 0.2) is 0 Å². The molecule has 0 aromatic heterocycles. The van der Waals surface area contributed by atoms with Crippen LogP contribution in [0.15, 0.2) is 18.2 Å². The van der Waals surface area contributed by atoms with E-state index in [4.69, 9.17) is 0 Å². The standard InChI is InChI=1S/C9H9BF3O2.K/c1-6-3-7(9(14)15-2)5-8(4-6)10(11,12)13;/h3-5H,1-2H3;/q-1;+1. The third-order valence-corrected chi connectivity index (χ3v) is 1.90. The molecule has 0 fully saturated rings. The van der Waals surface area contributed by atoms with Crippen LogP contribution in [0.25, 0.3) is 0 Å². The first kappa shape index (κ1) is 16.2. The average molecular weight is 256 g/mol. The summed E-state index contributed by atoms with van der Waals surface area (Å²) in [6, 6.07) is 3.17. The minimum absolute atomic E-state index is 0. The van der Waals surface area contributed by atoms with Crippen molar-refractivity contribution in [1.29, 1.82) is 0 Å². The first-order chi connectivity index (χ1) is 6.84. The zero-order valence-corrected chi connectivity index (χ0v) is 12.4. The zero-order chi connectivity index (χ0) is 11.6. The number of carbonyl (C=O) groups is 1. The van der Waals surface area contributed by atoms with Gasteiger partial charge in [0.25, 0.3) is 0 Å². The van der Waals surface area contributed by atoms with E-state index in [1.165, 1.54) is 13.0 Å². The van der Waals surface area contributed by atoms with Crippen molar-refractivity contribution in [2.75, 3.05) is 7.11 Å². The van der Waals surface area contributed by atoms with Gasteiger partial charge in [-0.1, -0.05) is 17.7 Å². The van der Waals surface area contributed by atoms with Crippen molar-refractivity contribution < 1.29 is 73.9 Å². The fourth-order valence-electron chi connectivity index (χ4n) is 1.24. The first-order valence-electron chi connectivity index (χ1n) is 4.24. The van der Waals surface area contributed by atoms with E-state index in [0.29, 0.717) is 5.56 Å². The van der Waals surface area contributed by atoms with Crippen LogP contribution in [0.1, 0.15) is 15.9 Å². The van der Waals surface area contributed by atoms with Gasteiger partial charge in [0.05, 0.1) is 12.7 Å². The minimum Gasteiger partial charge on any atom is -0.465 e. The second-order valence-corrected chi connectivity index (χ2v) is 3.20. The van der Waals surface area contributed by atoms with E-state index in [1.54, 1.807) is 0 Å². The molecule has 0 radical (unpaired) electrons. The van der Waals surface area contributed by atoms with Crippen molar-refractivity contribution in [2.45, 2.75) is 6.92 Å². The van der Waals surface area contributed by atoms with Gasteiger partial charge in [-0.2, -0.15) is 0 Å². The number of carbonyl (C=O) groups excluding carboxylic acids is 1. The number of aryl methyl sites for hydroxylation is 1. The second kappa shape index (κ2) is 6.21. The molecule has 2 nitrogen and oxygen atoms in total. The van der Waals surface area contributed by atoms with Gasteiger partial charge in [0.2, 0.25) is 0 Å². The molecule has 0 aliphatic carbocycles. The van der Waals surface area contributed by atoms with Crippen LogP contribution in [0.3, 0.4) is 0 Å². The Labute approximate surface area is 134 Å². The van der Waals surface area contributed by atoms with Crippen LogP contribution in [0, 0.1) is 6.92 Å². The minimum atomic E-state index is -5.09. The summed E-state index contributed by atoms with van der Waals surface area (Å²) in [6.07, 6.45) is 0. The summed E-state index contributed by atoms with van der Waals surface area (Å²) in [4.78, 5) is 11.1. The molecule has 1 rings (SSSR count). The first-order valence-corrected chi connectivity index (χ1v) is 4.24. The molecular formula is C9H9BF3KO2. The van der Waals surface area contributed by atoms with E-state index < -0.39 is 18.4 Å². The van der Waals surface area contributed by atoms with Gasteiger partial charge < -0.3 is 17.7 Å².